The first kappa shape index (κ1) is 16.6. The van der Waals surface area contributed by atoms with Crippen molar-refractivity contribution in [3.63, 3.8) is 0 Å². The van der Waals surface area contributed by atoms with Crippen LogP contribution in [0.3, 0.4) is 0 Å². The summed E-state index contributed by atoms with van der Waals surface area (Å²) in [6.45, 7) is 1.74. The van der Waals surface area contributed by atoms with E-state index in [-0.39, 0.29) is 12.7 Å². The molecule has 26 heavy (non-hydrogen) atoms. The van der Waals surface area contributed by atoms with E-state index in [2.05, 4.69) is 40.2 Å². The van der Waals surface area contributed by atoms with E-state index in [1.165, 1.54) is 0 Å². The number of hydrogen-bond acceptors (Lipinski definition) is 4. The van der Waals surface area contributed by atoms with Crippen LogP contribution in [-0.2, 0) is 6.61 Å². The summed E-state index contributed by atoms with van der Waals surface area (Å²) in [5.41, 5.74) is 4.31. The molecule has 4 heteroatoms. The molecule has 4 rings (SSSR count). The number of aliphatic hydroxyl groups excluding tert-OH is 1. The summed E-state index contributed by atoms with van der Waals surface area (Å²) in [6.07, 6.45) is 2.81. The lowest BCUT2D eigenvalue weighted by Gasteiger charge is -2.22. The molecule has 0 saturated carbocycles. The van der Waals surface area contributed by atoms with E-state index < -0.39 is 0 Å². The maximum absolute atomic E-state index is 9.88. The molecule has 1 aromatic heterocycles. The number of benzene rings is 2. The molecule has 1 N–H and O–H groups in total. The zero-order valence-corrected chi connectivity index (χ0v) is 14.6. The van der Waals surface area contributed by atoms with Crippen LogP contribution < -0.4 is 9.64 Å². The first-order valence-electron chi connectivity index (χ1n) is 8.95. The Labute approximate surface area is 153 Å². The van der Waals surface area contributed by atoms with E-state index in [1.807, 2.05) is 36.4 Å². The highest BCUT2D eigenvalue weighted by Crippen LogP contribution is 2.30. The fourth-order valence-electron chi connectivity index (χ4n) is 3.46. The van der Waals surface area contributed by atoms with Crippen molar-refractivity contribution in [1.29, 1.82) is 0 Å². The molecule has 1 fully saturated rings. The summed E-state index contributed by atoms with van der Waals surface area (Å²) in [5.74, 6) is 0.668. The summed E-state index contributed by atoms with van der Waals surface area (Å²) in [6, 6.07) is 22.3. The van der Waals surface area contributed by atoms with Gasteiger partial charge >= 0.3 is 0 Å². The number of anilines is 1. The Hall–Kier alpha value is -2.85. The minimum Gasteiger partial charge on any atom is -0.472 e. The Morgan fingerprint density at radius 3 is 2.62 bits per heavy atom. The summed E-state index contributed by atoms with van der Waals surface area (Å²) in [4.78, 5) is 6.52. The number of pyridine rings is 1. The quantitative estimate of drug-likeness (QED) is 0.761. The molecule has 1 aliphatic rings. The molecule has 0 radical (unpaired) electrons. The van der Waals surface area contributed by atoms with E-state index >= 15 is 0 Å². The van der Waals surface area contributed by atoms with Crippen molar-refractivity contribution in [3.8, 4) is 17.0 Å². The first-order chi connectivity index (χ1) is 12.8. The van der Waals surface area contributed by atoms with Crippen LogP contribution in [0.2, 0.25) is 0 Å². The molecular formula is C22H22N2O2. The first-order valence-corrected chi connectivity index (χ1v) is 8.95. The second-order valence-electron chi connectivity index (χ2n) is 6.51. The summed E-state index contributed by atoms with van der Waals surface area (Å²) in [5, 5.41) is 9.88. The number of nitrogens with zero attached hydrogens (tertiary/aromatic N) is 2. The Balaban J connectivity index is 1.51. The van der Waals surface area contributed by atoms with E-state index in [0.717, 1.165) is 41.9 Å². The topological polar surface area (TPSA) is 45.6 Å². The second-order valence-corrected chi connectivity index (χ2v) is 6.51. The van der Waals surface area contributed by atoms with E-state index in [1.54, 1.807) is 6.20 Å². The van der Waals surface area contributed by atoms with Gasteiger partial charge < -0.3 is 14.7 Å². The summed E-state index contributed by atoms with van der Waals surface area (Å²) >= 11 is 0. The lowest BCUT2D eigenvalue weighted by atomic mass is 10.0. The molecule has 0 bridgehead atoms. The zero-order chi connectivity index (χ0) is 17.8. The van der Waals surface area contributed by atoms with Crippen molar-refractivity contribution >= 4 is 5.69 Å². The van der Waals surface area contributed by atoms with Crippen molar-refractivity contribution in [2.45, 2.75) is 19.1 Å². The average Bonchev–Trinajstić information content (AvgIpc) is 3.17. The maximum Gasteiger partial charge on any atom is 0.213 e. The van der Waals surface area contributed by atoms with Crippen LogP contribution in [0.4, 0.5) is 5.69 Å². The lowest BCUT2D eigenvalue weighted by molar-refractivity contribution is 0.216. The van der Waals surface area contributed by atoms with Crippen LogP contribution in [0.5, 0.6) is 5.88 Å². The van der Waals surface area contributed by atoms with E-state index in [4.69, 9.17) is 4.74 Å². The Morgan fingerprint density at radius 2 is 1.85 bits per heavy atom. The molecule has 0 unspecified atom stereocenters. The third kappa shape index (κ3) is 3.55. The molecule has 3 aromatic rings. The van der Waals surface area contributed by atoms with Gasteiger partial charge in [0.25, 0.3) is 0 Å². The van der Waals surface area contributed by atoms with Crippen molar-refractivity contribution in [3.05, 3.63) is 78.5 Å². The lowest BCUT2D eigenvalue weighted by Crippen LogP contribution is -2.25. The van der Waals surface area contributed by atoms with Gasteiger partial charge in [-0.15, -0.1) is 0 Å². The highest BCUT2D eigenvalue weighted by atomic mass is 16.5. The Kier molecular flexibility index (Phi) is 4.84. The van der Waals surface area contributed by atoms with Crippen molar-refractivity contribution in [2.24, 2.45) is 0 Å². The van der Waals surface area contributed by atoms with Crippen molar-refractivity contribution in [1.82, 2.24) is 4.98 Å². The summed E-state index contributed by atoms with van der Waals surface area (Å²) < 4.78 is 5.98. The number of aromatic nitrogens is 1. The van der Waals surface area contributed by atoms with Crippen LogP contribution in [0.1, 0.15) is 12.0 Å². The van der Waals surface area contributed by atoms with Gasteiger partial charge in [-0.05, 0) is 29.3 Å². The van der Waals surface area contributed by atoms with Crippen LogP contribution in [-0.4, -0.2) is 29.3 Å². The highest BCUT2D eigenvalue weighted by molar-refractivity contribution is 5.69. The van der Waals surface area contributed by atoms with Crippen molar-refractivity contribution in [2.75, 3.05) is 18.0 Å². The molecule has 0 aliphatic carbocycles. The average molecular weight is 346 g/mol. The molecule has 2 heterocycles. The molecule has 1 atom stereocenters. The standard InChI is InChI=1S/C22H22N2O2/c25-16-19-14-18(17-6-2-1-3-7-17)9-10-21(19)24-13-11-20(15-24)26-22-8-4-5-12-23-22/h1-10,12,14,20,25H,11,13,15-16H2/t20-/m0/s1. The number of rotatable bonds is 5. The smallest absolute Gasteiger partial charge is 0.213 e. The van der Waals surface area contributed by atoms with Gasteiger partial charge in [-0.1, -0.05) is 42.5 Å². The molecule has 1 aliphatic heterocycles. The van der Waals surface area contributed by atoms with Crippen LogP contribution in [0.15, 0.2) is 72.9 Å². The van der Waals surface area contributed by atoms with Gasteiger partial charge in [-0.25, -0.2) is 4.98 Å². The summed E-state index contributed by atoms with van der Waals surface area (Å²) in [7, 11) is 0. The monoisotopic (exact) mass is 346 g/mol. The predicted octanol–water partition coefficient (Wildman–Crippen LogP) is 3.90. The van der Waals surface area contributed by atoms with Gasteiger partial charge in [0.05, 0.1) is 13.2 Å². The number of ether oxygens (including phenoxy) is 1. The third-order valence-electron chi connectivity index (χ3n) is 4.77. The minimum atomic E-state index is 0.0261. The van der Waals surface area contributed by atoms with Crippen LogP contribution in [0.25, 0.3) is 11.1 Å². The van der Waals surface area contributed by atoms with Crippen LogP contribution >= 0.6 is 0 Å². The predicted molar refractivity (Wildman–Crippen MR) is 103 cm³/mol. The Bertz CT molecular complexity index is 853. The molecule has 0 amide bonds. The minimum absolute atomic E-state index is 0.0261. The van der Waals surface area contributed by atoms with E-state index in [0.29, 0.717) is 5.88 Å². The molecule has 4 nitrogen and oxygen atoms in total. The van der Waals surface area contributed by atoms with Gasteiger partial charge in [-0.3, -0.25) is 0 Å². The molecule has 0 spiro atoms. The zero-order valence-electron chi connectivity index (χ0n) is 14.6. The second kappa shape index (κ2) is 7.58. The van der Waals surface area contributed by atoms with Gasteiger partial charge in [0.1, 0.15) is 6.10 Å². The van der Waals surface area contributed by atoms with Gasteiger partial charge in [0.2, 0.25) is 5.88 Å². The fraction of sp³-hybridized carbons (Fsp3) is 0.227. The normalized spacial score (nSPS) is 16.7. The number of aliphatic hydroxyl groups is 1. The van der Waals surface area contributed by atoms with E-state index in [9.17, 15) is 5.11 Å². The van der Waals surface area contributed by atoms with Gasteiger partial charge in [0, 0.05) is 36.5 Å². The highest BCUT2D eigenvalue weighted by Gasteiger charge is 2.26. The maximum atomic E-state index is 9.88. The van der Waals surface area contributed by atoms with Gasteiger partial charge in [0.15, 0.2) is 0 Å². The largest absolute Gasteiger partial charge is 0.472 e. The van der Waals surface area contributed by atoms with Crippen LogP contribution in [0, 0.1) is 0 Å². The molecular weight excluding hydrogens is 324 g/mol. The SMILES string of the molecule is OCc1cc(-c2ccccc2)ccc1N1CC[C@H](Oc2ccccn2)C1. The third-order valence-corrected chi connectivity index (χ3v) is 4.77. The number of hydrogen-bond donors (Lipinski definition) is 1. The van der Waals surface area contributed by atoms with Crippen molar-refractivity contribution < 1.29 is 9.84 Å². The van der Waals surface area contributed by atoms with Gasteiger partial charge in [-0.2, -0.15) is 0 Å². The molecule has 2 aromatic carbocycles. The Morgan fingerprint density at radius 1 is 1.00 bits per heavy atom. The molecule has 132 valence electrons. The molecule has 1 saturated heterocycles. The fourth-order valence-corrected chi connectivity index (χ4v) is 3.46.